The van der Waals surface area contributed by atoms with Crippen LogP contribution < -0.4 is 14.8 Å². The average molecular weight is 383 g/mol. The van der Waals surface area contributed by atoms with Gasteiger partial charge in [-0.15, -0.1) is 0 Å². The van der Waals surface area contributed by atoms with E-state index in [0.29, 0.717) is 42.7 Å². The molecule has 2 heterocycles. The Kier molecular flexibility index (Phi) is 6.87. The second-order valence-electron chi connectivity index (χ2n) is 7.40. The SMILES string of the molecule is COc1cc(C(=O)N2CCNCC2c2cccnc2)ccc1OCCC(C)C. The molecule has 0 spiro atoms. The van der Waals surface area contributed by atoms with Gasteiger partial charge in [-0.25, -0.2) is 0 Å². The van der Waals surface area contributed by atoms with Gasteiger partial charge in [0.15, 0.2) is 11.5 Å². The van der Waals surface area contributed by atoms with Crippen LogP contribution in [0.2, 0.25) is 0 Å². The Morgan fingerprint density at radius 3 is 2.89 bits per heavy atom. The number of ether oxygens (including phenoxy) is 2. The van der Waals surface area contributed by atoms with E-state index in [1.165, 1.54) is 0 Å². The number of nitrogens with zero attached hydrogens (tertiary/aromatic N) is 2. The Morgan fingerprint density at radius 2 is 2.18 bits per heavy atom. The summed E-state index contributed by atoms with van der Waals surface area (Å²) >= 11 is 0. The smallest absolute Gasteiger partial charge is 0.254 e. The van der Waals surface area contributed by atoms with Crippen molar-refractivity contribution in [3.8, 4) is 11.5 Å². The van der Waals surface area contributed by atoms with Gasteiger partial charge in [-0.05, 0) is 42.2 Å². The van der Waals surface area contributed by atoms with Crippen molar-refractivity contribution in [3.05, 3.63) is 53.9 Å². The molecule has 3 rings (SSSR count). The zero-order valence-electron chi connectivity index (χ0n) is 16.9. The Labute approximate surface area is 166 Å². The first-order valence-corrected chi connectivity index (χ1v) is 9.82. The Bertz CT molecular complexity index is 780. The monoisotopic (exact) mass is 383 g/mol. The number of hydrogen-bond acceptors (Lipinski definition) is 5. The van der Waals surface area contributed by atoms with E-state index in [-0.39, 0.29) is 11.9 Å². The average Bonchev–Trinajstić information content (AvgIpc) is 2.73. The lowest BCUT2D eigenvalue weighted by Gasteiger charge is -2.36. The molecular weight excluding hydrogens is 354 g/mol. The number of carbonyl (C=O) groups is 1. The summed E-state index contributed by atoms with van der Waals surface area (Å²) in [6, 6.07) is 9.29. The Balaban J connectivity index is 1.78. The number of rotatable bonds is 7. The van der Waals surface area contributed by atoms with Gasteiger partial charge < -0.3 is 19.7 Å². The number of pyridine rings is 1. The maximum absolute atomic E-state index is 13.2. The van der Waals surface area contributed by atoms with Crippen LogP contribution >= 0.6 is 0 Å². The summed E-state index contributed by atoms with van der Waals surface area (Å²) in [5.41, 5.74) is 1.63. The van der Waals surface area contributed by atoms with Crippen LogP contribution in [-0.2, 0) is 0 Å². The second-order valence-corrected chi connectivity index (χ2v) is 7.40. The van der Waals surface area contributed by atoms with Crippen molar-refractivity contribution in [2.45, 2.75) is 26.3 Å². The maximum atomic E-state index is 13.2. The van der Waals surface area contributed by atoms with E-state index in [9.17, 15) is 4.79 Å². The van der Waals surface area contributed by atoms with Crippen LogP contribution in [0.3, 0.4) is 0 Å². The highest BCUT2D eigenvalue weighted by atomic mass is 16.5. The van der Waals surface area contributed by atoms with Gasteiger partial charge in [0.25, 0.3) is 5.91 Å². The lowest BCUT2D eigenvalue weighted by molar-refractivity contribution is 0.0633. The number of methoxy groups -OCH3 is 1. The van der Waals surface area contributed by atoms with Gasteiger partial charge in [-0.1, -0.05) is 19.9 Å². The lowest BCUT2D eigenvalue weighted by Crippen LogP contribution is -2.48. The molecule has 1 N–H and O–H groups in total. The highest BCUT2D eigenvalue weighted by Gasteiger charge is 2.29. The molecule has 0 aliphatic carbocycles. The summed E-state index contributed by atoms with van der Waals surface area (Å²) in [5.74, 6) is 1.82. The molecule has 1 aromatic carbocycles. The number of benzene rings is 1. The molecule has 0 bridgehead atoms. The molecule has 1 saturated heterocycles. The first-order valence-electron chi connectivity index (χ1n) is 9.82. The Hall–Kier alpha value is -2.60. The summed E-state index contributed by atoms with van der Waals surface area (Å²) in [5, 5.41) is 3.37. The van der Waals surface area contributed by atoms with E-state index in [4.69, 9.17) is 9.47 Å². The fraction of sp³-hybridized carbons (Fsp3) is 0.455. The molecule has 0 radical (unpaired) electrons. The first-order chi connectivity index (χ1) is 13.6. The molecular formula is C22H29N3O3. The molecule has 1 amide bonds. The number of hydrogen-bond donors (Lipinski definition) is 1. The van der Waals surface area contributed by atoms with Crippen molar-refractivity contribution >= 4 is 5.91 Å². The van der Waals surface area contributed by atoms with E-state index >= 15 is 0 Å². The molecule has 1 atom stereocenters. The van der Waals surface area contributed by atoms with Gasteiger partial charge in [-0.2, -0.15) is 0 Å². The molecule has 1 fully saturated rings. The molecule has 1 aliphatic heterocycles. The summed E-state index contributed by atoms with van der Waals surface area (Å²) in [6.07, 6.45) is 4.54. The van der Waals surface area contributed by atoms with E-state index in [1.807, 2.05) is 35.4 Å². The number of carbonyl (C=O) groups excluding carboxylic acids is 1. The highest BCUT2D eigenvalue weighted by Crippen LogP contribution is 2.30. The first kappa shape index (κ1) is 20.1. The molecule has 6 heteroatoms. The molecule has 6 nitrogen and oxygen atoms in total. The third kappa shape index (κ3) is 4.81. The number of nitrogens with one attached hydrogen (secondary N) is 1. The van der Waals surface area contributed by atoms with Gasteiger partial charge in [0.05, 0.1) is 19.8 Å². The predicted molar refractivity (Wildman–Crippen MR) is 109 cm³/mol. The third-order valence-electron chi connectivity index (χ3n) is 4.94. The van der Waals surface area contributed by atoms with Crippen LogP contribution in [0.5, 0.6) is 11.5 Å². The lowest BCUT2D eigenvalue weighted by atomic mass is 10.0. The van der Waals surface area contributed by atoms with Crippen molar-refractivity contribution in [2.75, 3.05) is 33.4 Å². The minimum absolute atomic E-state index is 0.0117. The maximum Gasteiger partial charge on any atom is 0.254 e. The fourth-order valence-corrected chi connectivity index (χ4v) is 3.31. The number of aromatic nitrogens is 1. The quantitative estimate of drug-likeness (QED) is 0.795. The summed E-state index contributed by atoms with van der Waals surface area (Å²) in [4.78, 5) is 19.4. The minimum atomic E-state index is -0.0390. The molecule has 2 aromatic rings. The standard InChI is InChI=1S/C22H29N3O3/c1-16(2)8-12-28-20-7-6-17(13-21(20)27-3)22(26)25-11-10-24-15-19(25)18-5-4-9-23-14-18/h4-7,9,13-14,16,19,24H,8,10-12,15H2,1-3H3. The number of piperazine rings is 1. The van der Waals surface area contributed by atoms with Crippen LogP contribution in [0, 0.1) is 5.92 Å². The minimum Gasteiger partial charge on any atom is -0.493 e. The normalized spacial score (nSPS) is 16.9. The molecule has 0 saturated carbocycles. The van der Waals surface area contributed by atoms with Crippen LogP contribution in [-0.4, -0.2) is 49.1 Å². The van der Waals surface area contributed by atoms with Gasteiger partial charge in [0.1, 0.15) is 0 Å². The van der Waals surface area contributed by atoms with Crippen molar-refractivity contribution in [3.63, 3.8) is 0 Å². The largest absolute Gasteiger partial charge is 0.493 e. The van der Waals surface area contributed by atoms with E-state index in [0.717, 1.165) is 18.5 Å². The van der Waals surface area contributed by atoms with Gasteiger partial charge in [0, 0.05) is 37.6 Å². The predicted octanol–water partition coefficient (Wildman–Crippen LogP) is 3.30. The summed E-state index contributed by atoms with van der Waals surface area (Å²) in [6.45, 7) is 7.08. The Morgan fingerprint density at radius 1 is 1.32 bits per heavy atom. The molecule has 1 unspecified atom stereocenters. The second kappa shape index (κ2) is 9.55. The van der Waals surface area contributed by atoms with E-state index in [2.05, 4.69) is 24.1 Å². The van der Waals surface area contributed by atoms with E-state index < -0.39 is 0 Å². The van der Waals surface area contributed by atoms with Crippen LogP contribution in [0.15, 0.2) is 42.7 Å². The highest BCUT2D eigenvalue weighted by molar-refractivity contribution is 5.95. The molecule has 1 aromatic heterocycles. The van der Waals surface area contributed by atoms with Gasteiger partial charge in [0.2, 0.25) is 0 Å². The van der Waals surface area contributed by atoms with Crippen LogP contribution in [0.25, 0.3) is 0 Å². The molecule has 1 aliphatic rings. The van der Waals surface area contributed by atoms with E-state index in [1.54, 1.807) is 19.4 Å². The van der Waals surface area contributed by atoms with Crippen molar-refractivity contribution in [1.29, 1.82) is 0 Å². The summed E-state index contributed by atoms with van der Waals surface area (Å²) in [7, 11) is 1.60. The molecule has 28 heavy (non-hydrogen) atoms. The third-order valence-corrected chi connectivity index (χ3v) is 4.94. The molecule has 150 valence electrons. The van der Waals surface area contributed by atoms with Crippen LogP contribution in [0.4, 0.5) is 0 Å². The van der Waals surface area contributed by atoms with Crippen molar-refractivity contribution in [2.24, 2.45) is 5.92 Å². The number of amides is 1. The zero-order valence-corrected chi connectivity index (χ0v) is 16.9. The topological polar surface area (TPSA) is 63.7 Å². The zero-order chi connectivity index (χ0) is 19.9. The van der Waals surface area contributed by atoms with Gasteiger partial charge in [-0.3, -0.25) is 9.78 Å². The summed E-state index contributed by atoms with van der Waals surface area (Å²) < 4.78 is 11.3. The van der Waals surface area contributed by atoms with Crippen LogP contribution in [0.1, 0.15) is 42.2 Å². The van der Waals surface area contributed by atoms with Crippen molar-refractivity contribution < 1.29 is 14.3 Å². The van der Waals surface area contributed by atoms with Crippen molar-refractivity contribution in [1.82, 2.24) is 15.2 Å². The van der Waals surface area contributed by atoms with Gasteiger partial charge >= 0.3 is 0 Å². The fourth-order valence-electron chi connectivity index (χ4n) is 3.31.